The number of rotatable bonds is 3. The summed E-state index contributed by atoms with van der Waals surface area (Å²) in [7, 11) is 1.54. The first-order valence-electron chi connectivity index (χ1n) is 15.4. The molecule has 1 saturated carbocycles. The molecule has 2 fully saturated rings. The fraction of sp³-hybridized carbons (Fsp3) is 0.656. The molecule has 2 amide bonds. The monoisotopic (exact) mass is 616 g/mol. The minimum Gasteiger partial charge on any atom is -0.497 e. The van der Waals surface area contributed by atoms with Crippen LogP contribution in [-0.4, -0.2) is 76.5 Å². The van der Waals surface area contributed by atoms with Crippen LogP contribution in [0.4, 0.5) is 13.6 Å². The third kappa shape index (κ3) is 6.73. The zero-order valence-corrected chi connectivity index (χ0v) is 26.2. The lowest BCUT2D eigenvalue weighted by molar-refractivity contribution is -0.141. The average molecular weight is 617 g/mol. The molecule has 1 aliphatic carbocycles. The van der Waals surface area contributed by atoms with Gasteiger partial charge in [-0.2, -0.15) is 0 Å². The number of halogens is 2. The third-order valence-electron chi connectivity index (χ3n) is 8.94. The van der Waals surface area contributed by atoms with Gasteiger partial charge >= 0.3 is 6.09 Å². The second-order valence-corrected chi connectivity index (χ2v) is 13.4. The van der Waals surface area contributed by atoms with Gasteiger partial charge in [-0.1, -0.05) is 27.7 Å². The number of carbonyl (C=O) groups is 3. The Bertz CT molecular complexity index is 1430. The van der Waals surface area contributed by atoms with Gasteiger partial charge in [0.1, 0.15) is 29.7 Å². The zero-order valence-electron chi connectivity index (χ0n) is 26.2. The number of aromatic nitrogens is 2. The van der Waals surface area contributed by atoms with E-state index in [9.17, 15) is 14.4 Å². The van der Waals surface area contributed by atoms with Crippen molar-refractivity contribution in [2.24, 2.45) is 17.3 Å². The number of methoxy groups -OCH3 is 1. The van der Waals surface area contributed by atoms with Crippen LogP contribution in [0.15, 0.2) is 18.2 Å². The van der Waals surface area contributed by atoms with Gasteiger partial charge in [-0.25, -0.2) is 23.5 Å². The van der Waals surface area contributed by atoms with Gasteiger partial charge in [0.15, 0.2) is 5.78 Å². The van der Waals surface area contributed by atoms with Crippen LogP contribution in [-0.2, 0) is 20.7 Å². The van der Waals surface area contributed by atoms with Crippen LogP contribution in [0.5, 0.6) is 11.6 Å². The van der Waals surface area contributed by atoms with Crippen molar-refractivity contribution in [1.29, 1.82) is 0 Å². The fourth-order valence-corrected chi connectivity index (χ4v) is 6.50. The number of ketones is 1. The molecule has 6 atom stereocenters. The van der Waals surface area contributed by atoms with Gasteiger partial charge in [-0.05, 0) is 50.2 Å². The van der Waals surface area contributed by atoms with Gasteiger partial charge in [-0.15, -0.1) is 0 Å². The van der Waals surface area contributed by atoms with Crippen LogP contribution < -0.4 is 14.8 Å². The highest BCUT2D eigenvalue weighted by atomic mass is 19.3. The second kappa shape index (κ2) is 12.1. The number of ether oxygens (including phenoxy) is 3. The van der Waals surface area contributed by atoms with E-state index in [2.05, 4.69) is 5.32 Å². The molecule has 2 aliphatic heterocycles. The molecule has 3 aliphatic rings. The highest BCUT2D eigenvalue weighted by molar-refractivity contribution is 5.92. The number of carbonyl (C=O) groups excluding carboxylic acids is 3. The molecule has 5 rings (SSSR count). The number of benzene rings is 1. The zero-order chi connectivity index (χ0) is 32.0. The molecular weight excluding hydrogens is 574 g/mol. The predicted molar refractivity (Wildman–Crippen MR) is 158 cm³/mol. The number of alkyl halides is 2. The number of fused-ring (bicyclic) bond motifs is 5. The van der Waals surface area contributed by atoms with Crippen molar-refractivity contribution in [3.63, 3.8) is 0 Å². The van der Waals surface area contributed by atoms with Crippen molar-refractivity contribution < 1.29 is 37.4 Å². The molecule has 2 bridgehead atoms. The lowest BCUT2D eigenvalue weighted by atomic mass is 9.85. The summed E-state index contributed by atoms with van der Waals surface area (Å²) in [4.78, 5) is 51.1. The standard InChI is InChI=1S/C32H42F2N4O6/c1-7-20-25-16-38(26(20)17(2)39)29(40)27(31(3,4)5)37-30(41)44-24-13-18(24)15-32(33,34)12-8-9-22-28(43-25)36-23-14-19(42-6)10-11-21(23)35-22/h10-11,14,18,20,24-27H,7-9,12-13,15-16H2,1-6H3,(H,37,41)/t18-,20+,24+,25-,26+,27+/m0/s1. The van der Waals surface area contributed by atoms with Gasteiger partial charge in [0, 0.05) is 30.7 Å². The normalized spacial score (nSPS) is 29.3. The van der Waals surface area contributed by atoms with Gasteiger partial charge in [0.05, 0.1) is 30.7 Å². The Hall–Kier alpha value is -3.57. The number of nitrogens with one attached hydrogen (secondary N) is 1. The highest BCUT2D eigenvalue weighted by Gasteiger charge is 2.51. The first-order chi connectivity index (χ1) is 20.7. The summed E-state index contributed by atoms with van der Waals surface area (Å²) >= 11 is 0. The van der Waals surface area contributed by atoms with Crippen LogP contribution in [0.3, 0.4) is 0 Å². The molecule has 1 aromatic carbocycles. The van der Waals surface area contributed by atoms with Crippen molar-refractivity contribution >= 4 is 28.8 Å². The topological polar surface area (TPSA) is 120 Å². The van der Waals surface area contributed by atoms with Crippen LogP contribution in [0.25, 0.3) is 11.0 Å². The predicted octanol–water partition coefficient (Wildman–Crippen LogP) is 5.10. The smallest absolute Gasteiger partial charge is 0.408 e. The largest absolute Gasteiger partial charge is 0.497 e. The van der Waals surface area contributed by atoms with Gasteiger partial charge < -0.3 is 24.4 Å². The average Bonchev–Trinajstić information content (AvgIpc) is 3.53. The summed E-state index contributed by atoms with van der Waals surface area (Å²) in [6, 6.07) is 3.41. The molecule has 0 unspecified atom stereocenters. The van der Waals surface area contributed by atoms with Crippen molar-refractivity contribution in [2.45, 2.75) is 103 Å². The Balaban J connectivity index is 1.56. The summed E-state index contributed by atoms with van der Waals surface area (Å²) in [5.41, 5.74) is 0.769. The fourth-order valence-electron chi connectivity index (χ4n) is 6.50. The lowest BCUT2D eigenvalue weighted by Gasteiger charge is -2.35. The van der Waals surface area contributed by atoms with E-state index in [1.807, 2.05) is 6.92 Å². The van der Waals surface area contributed by atoms with Gasteiger partial charge in [-0.3, -0.25) is 9.59 Å². The first-order valence-corrected chi connectivity index (χ1v) is 15.4. The molecule has 240 valence electrons. The van der Waals surface area contributed by atoms with E-state index >= 15 is 8.78 Å². The number of amides is 2. The maximum Gasteiger partial charge on any atom is 0.408 e. The molecule has 12 heteroatoms. The second-order valence-electron chi connectivity index (χ2n) is 13.4. The molecule has 10 nitrogen and oxygen atoms in total. The number of aryl methyl sites for hydroxylation is 1. The summed E-state index contributed by atoms with van der Waals surface area (Å²) in [6.07, 6.45) is -1.67. The number of alkyl carbamates (subject to hydrolysis) is 1. The maximum absolute atomic E-state index is 15.0. The molecule has 2 aromatic rings. The lowest BCUT2D eigenvalue weighted by Crippen LogP contribution is -2.57. The van der Waals surface area contributed by atoms with Crippen molar-refractivity contribution in [3.8, 4) is 11.6 Å². The SMILES string of the molecule is CC[C@@H]1[C@@H]2CN(C(=O)[C@H](C(C)(C)C)NC(=O)O[C@@H]3C[C@H]3CC(F)(F)CCCc3nc4ccc(OC)cc4nc3O2)[C@@H]1C(C)=O. The minimum atomic E-state index is -2.96. The number of nitrogens with zero attached hydrogens (tertiary/aromatic N) is 3. The quantitative estimate of drug-likeness (QED) is 0.506. The van der Waals surface area contributed by atoms with Crippen LogP contribution >= 0.6 is 0 Å². The first kappa shape index (κ1) is 31.8. The third-order valence-corrected chi connectivity index (χ3v) is 8.94. The van der Waals surface area contributed by atoms with Crippen molar-refractivity contribution in [3.05, 3.63) is 23.9 Å². The van der Waals surface area contributed by atoms with E-state index in [0.717, 1.165) is 0 Å². The van der Waals surface area contributed by atoms with Crippen molar-refractivity contribution in [2.75, 3.05) is 13.7 Å². The molecule has 1 aromatic heterocycles. The summed E-state index contributed by atoms with van der Waals surface area (Å²) in [5.74, 6) is -3.67. The van der Waals surface area contributed by atoms with E-state index in [1.165, 1.54) is 11.8 Å². The Labute approximate surface area is 256 Å². The van der Waals surface area contributed by atoms with E-state index < -0.39 is 60.0 Å². The Morgan fingerprint density at radius 1 is 1.16 bits per heavy atom. The Kier molecular flexibility index (Phi) is 8.74. The van der Waals surface area contributed by atoms with E-state index in [4.69, 9.17) is 24.2 Å². The van der Waals surface area contributed by atoms with E-state index in [-0.39, 0.29) is 43.4 Å². The number of Topliss-reactive ketones (excluding diaryl/α,β-unsaturated/α-hetero) is 1. The highest BCUT2D eigenvalue weighted by Crippen LogP contribution is 2.44. The summed E-state index contributed by atoms with van der Waals surface area (Å²) < 4.78 is 47.3. The molecule has 1 saturated heterocycles. The number of hydrogen-bond acceptors (Lipinski definition) is 8. The molecule has 44 heavy (non-hydrogen) atoms. The molecule has 3 heterocycles. The van der Waals surface area contributed by atoms with Crippen LogP contribution in [0, 0.1) is 17.3 Å². The van der Waals surface area contributed by atoms with Crippen molar-refractivity contribution in [1.82, 2.24) is 20.2 Å². The molecule has 1 N–H and O–H groups in total. The van der Waals surface area contributed by atoms with E-state index in [1.54, 1.807) is 46.1 Å². The molecule has 0 spiro atoms. The van der Waals surface area contributed by atoms with Crippen LogP contribution in [0.1, 0.15) is 72.4 Å². The van der Waals surface area contributed by atoms with E-state index in [0.29, 0.717) is 35.3 Å². The Morgan fingerprint density at radius 3 is 2.57 bits per heavy atom. The minimum absolute atomic E-state index is 0.0743. The summed E-state index contributed by atoms with van der Waals surface area (Å²) in [6.45, 7) is 8.85. The van der Waals surface area contributed by atoms with Gasteiger partial charge in [0.25, 0.3) is 0 Å². The summed E-state index contributed by atoms with van der Waals surface area (Å²) in [5, 5.41) is 2.68. The number of hydrogen-bond donors (Lipinski definition) is 1. The Morgan fingerprint density at radius 2 is 1.91 bits per heavy atom. The molecular formula is C32H42F2N4O6. The molecule has 0 radical (unpaired) electrons. The van der Waals surface area contributed by atoms with Gasteiger partial charge in [0.2, 0.25) is 17.7 Å². The van der Waals surface area contributed by atoms with Crippen LogP contribution in [0.2, 0.25) is 0 Å². The maximum atomic E-state index is 15.0.